The number of aryl methyl sites for hydroxylation is 1. The van der Waals surface area contributed by atoms with Crippen molar-refractivity contribution in [2.24, 2.45) is 0 Å². The van der Waals surface area contributed by atoms with Crippen molar-refractivity contribution < 1.29 is 9.13 Å². The highest BCUT2D eigenvalue weighted by Crippen LogP contribution is 2.25. The van der Waals surface area contributed by atoms with Crippen molar-refractivity contribution in [3.8, 4) is 11.4 Å². The van der Waals surface area contributed by atoms with Crippen LogP contribution in [0.1, 0.15) is 6.42 Å². The highest BCUT2D eigenvalue weighted by Gasteiger charge is 2.15. The molecule has 0 N–H and O–H groups in total. The van der Waals surface area contributed by atoms with E-state index in [1.807, 2.05) is 28.8 Å². The van der Waals surface area contributed by atoms with Crippen LogP contribution in [0.15, 0.2) is 48.5 Å². The molecule has 0 bridgehead atoms. The molecular weight excluding hydrogens is 319 g/mol. The lowest BCUT2D eigenvalue weighted by molar-refractivity contribution is 0.191. The molecule has 0 aliphatic rings. The van der Waals surface area contributed by atoms with Gasteiger partial charge in [0, 0.05) is 25.8 Å². The summed E-state index contributed by atoms with van der Waals surface area (Å²) in [4.78, 5) is 14.0. The number of hydrogen-bond acceptors (Lipinski definition) is 4. The molecular formula is C19H17FN4O. The molecule has 2 heterocycles. The van der Waals surface area contributed by atoms with Gasteiger partial charge in [0.2, 0.25) is 0 Å². The van der Waals surface area contributed by atoms with E-state index in [4.69, 9.17) is 9.72 Å². The van der Waals surface area contributed by atoms with E-state index in [0.717, 1.165) is 34.5 Å². The number of para-hydroxylation sites is 2. The van der Waals surface area contributed by atoms with E-state index < -0.39 is 0 Å². The van der Waals surface area contributed by atoms with E-state index in [-0.39, 0.29) is 5.82 Å². The Hall–Kier alpha value is -2.86. The number of hydrogen-bond donors (Lipinski definition) is 0. The summed E-state index contributed by atoms with van der Waals surface area (Å²) < 4.78 is 20.5. The van der Waals surface area contributed by atoms with Gasteiger partial charge in [-0.3, -0.25) is 0 Å². The van der Waals surface area contributed by atoms with Gasteiger partial charge >= 0.3 is 0 Å². The first-order chi connectivity index (χ1) is 12.3. The van der Waals surface area contributed by atoms with Crippen molar-refractivity contribution in [1.29, 1.82) is 0 Å². The number of benzene rings is 2. The van der Waals surface area contributed by atoms with E-state index in [9.17, 15) is 4.39 Å². The molecule has 2 aromatic heterocycles. The Labute approximate surface area is 144 Å². The van der Waals surface area contributed by atoms with Gasteiger partial charge in [-0.05, 0) is 42.8 Å². The predicted molar refractivity (Wildman–Crippen MR) is 94.7 cm³/mol. The zero-order chi connectivity index (χ0) is 17.2. The van der Waals surface area contributed by atoms with Crippen LogP contribution < -0.4 is 0 Å². The second-order valence-corrected chi connectivity index (χ2v) is 5.80. The summed E-state index contributed by atoms with van der Waals surface area (Å²) in [6.45, 7) is 1.34. The van der Waals surface area contributed by atoms with E-state index in [1.54, 1.807) is 19.2 Å². The van der Waals surface area contributed by atoms with E-state index >= 15 is 0 Å². The molecule has 4 rings (SSSR count). The molecule has 5 nitrogen and oxygen atoms in total. The van der Waals surface area contributed by atoms with Gasteiger partial charge in [-0.1, -0.05) is 12.1 Å². The van der Waals surface area contributed by atoms with E-state index in [1.165, 1.54) is 12.1 Å². The summed E-state index contributed by atoms with van der Waals surface area (Å²) in [5.41, 5.74) is 3.79. The number of aromatic nitrogens is 4. The van der Waals surface area contributed by atoms with Gasteiger partial charge in [-0.25, -0.2) is 19.3 Å². The summed E-state index contributed by atoms with van der Waals surface area (Å²) in [6.07, 6.45) is 0.824. The van der Waals surface area contributed by atoms with Crippen LogP contribution in [-0.4, -0.2) is 33.2 Å². The number of rotatable bonds is 5. The third-order valence-corrected chi connectivity index (χ3v) is 4.09. The first kappa shape index (κ1) is 15.7. The summed E-state index contributed by atoms with van der Waals surface area (Å²) in [5.74, 6) is 0.467. The molecule has 0 radical (unpaired) electrons. The minimum atomic E-state index is -0.271. The quantitative estimate of drug-likeness (QED) is 0.520. The Morgan fingerprint density at radius 2 is 1.68 bits per heavy atom. The molecule has 0 aliphatic carbocycles. The Morgan fingerprint density at radius 3 is 2.40 bits per heavy atom. The van der Waals surface area contributed by atoms with Crippen molar-refractivity contribution in [1.82, 2.24) is 19.5 Å². The zero-order valence-electron chi connectivity index (χ0n) is 13.8. The molecule has 6 heteroatoms. The highest BCUT2D eigenvalue weighted by molar-refractivity contribution is 5.84. The third-order valence-electron chi connectivity index (χ3n) is 4.09. The molecule has 2 aromatic carbocycles. The summed E-state index contributed by atoms with van der Waals surface area (Å²) in [7, 11) is 1.68. The first-order valence-electron chi connectivity index (χ1n) is 8.14. The van der Waals surface area contributed by atoms with Crippen LogP contribution in [0.5, 0.6) is 0 Å². The van der Waals surface area contributed by atoms with Crippen LogP contribution in [0.2, 0.25) is 0 Å². The number of imidazole rings is 1. The molecule has 4 aromatic rings. The van der Waals surface area contributed by atoms with Gasteiger partial charge in [0.1, 0.15) is 11.6 Å². The Bertz CT molecular complexity index is 1030. The fourth-order valence-corrected chi connectivity index (χ4v) is 2.90. The molecule has 0 amide bonds. The van der Waals surface area contributed by atoms with Crippen molar-refractivity contribution in [3.63, 3.8) is 0 Å². The maximum Gasteiger partial charge on any atom is 0.198 e. The maximum atomic E-state index is 13.3. The molecule has 0 atom stereocenters. The topological polar surface area (TPSA) is 52.8 Å². The van der Waals surface area contributed by atoms with Crippen molar-refractivity contribution >= 4 is 22.3 Å². The average Bonchev–Trinajstić information content (AvgIpc) is 2.98. The van der Waals surface area contributed by atoms with Gasteiger partial charge < -0.3 is 9.30 Å². The van der Waals surface area contributed by atoms with Crippen LogP contribution >= 0.6 is 0 Å². The molecule has 0 spiro atoms. The predicted octanol–water partition coefficient (Wildman–Crippen LogP) is 3.82. The SMILES string of the molecule is COCCCn1c(-c2ccc(F)cc2)nc2nc3ccccc3nc21. The van der Waals surface area contributed by atoms with Crippen LogP contribution in [0.25, 0.3) is 33.7 Å². The fraction of sp³-hybridized carbons (Fsp3) is 0.211. The maximum absolute atomic E-state index is 13.3. The normalized spacial score (nSPS) is 11.4. The minimum absolute atomic E-state index is 0.271. The standard InChI is InChI=1S/C19H17FN4O/c1-25-12-4-11-24-18(13-7-9-14(20)10-8-13)23-17-19(24)22-16-6-3-2-5-15(16)21-17/h2-3,5-10H,4,11-12H2,1H3. The zero-order valence-corrected chi connectivity index (χ0v) is 13.8. The van der Waals surface area contributed by atoms with Gasteiger partial charge in [0.15, 0.2) is 11.3 Å². The number of ether oxygens (including phenoxy) is 1. The second kappa shape index (κ2) is 6.57. The number of methoxy groups -OCH3 is 1. The van der Waals surface area contributed by atoms with Crippen LogP contribution in [0, 0.1) is 5.82 Å². The van der Waals surface area contributed by atoms with E-state index in [0.29, 0.717) is 18.8 Å². The molecule has 0 saturated heterocycles. The Balaban J connectivity index is 1.91. The monoisotopic (exact) mass is 336 g/mol. The summed E-state index contributed by atoms with van der Waals surface area (Å²) >= 11 is 0. The lowest BCUT2D eigenvalue weighted by Gasteiger charge is -2.08. The third kappa shape index (κ3) is 2.96. The Kier molecular flexibility index (Phi) is 4.11. The average molecular weight is 336 g/mol. The van der Waals surface area contributed by atoms with Crippen LogP contribution in [-0.2, 0) is 11.3 Å². The van der Waals surface area contributed by atoms with Gasteiger partial charge in [0.05, 0.1) is 11.0 Å². The smallest absolute Gasteiger partial charge is 0.198 e. The second-order valence-electron chi connectivity index (χ2n) is 5.80. The molecule has 0 saturated carbocycles. The largest absolute Gasteiger partial charge is 0.385 e. The van der Waals surface area contributed by atoms with Crippen LogP contribution in [0.4, 0.5) is 4.39 Å². The number of nitrogens with zero attached hydrogens (tertiary/aromatic N) is 4. The lowest BCUT2D eigenvalue weighted by atomic mass is 10.2. The van der Waals surface area contributed by atoms with Crippen LogP contribution in [0.3, 0.4) is 0 Å². The number of halogens is 1. The van der Waals surface area contributed by atoms with Crippen molar-refractivity contribution in [3.05, 3.63) is 54.3 Å². The molecule has 0 fully saturated rings. The summed E-state index contributed by atoms with van der Waals surface area (Å²) in [6, 6.07) is 14.0. The molecule has 126 valence electrons. The fourth-order valence-electron chi connectivity index (χ4n) is 2.90. The van der Waals surface area contributed by atoms with E-state index in [2.05, 4.69) is 9.97 Å². The molecule has 25 heavy (non-hydrogen) atoms. The van der Waals surface area contributed by atoms with Gasteiger partial charge in [-0.2, -0.15) is 0 Å². The number of fused-ring (bicyclic) bond motifs is 2. The first-order valence-corrected chi connectivity index (χ1v) is 8.14. The molecule has 0 aliphatic heterocycles. The van der Waals surface area contributed by atoms with Gasteiger partial charge in [0.25, 0.3) is 0 Å². The van der Waals surface area contributed by atoms with Crippen molar-refractivity contribution in [2.45, 2.75) is 13.0 Å². The highest BCUT2D eigenvalue weighted by atomic mass is 19.1. The molecule has 0 unspecified atom stereocenters. The minimum Gasteiger partial charge on any atom is -0.385 e. The Morgan fingerprint density at radius 1 is 0.960 bits per heavy atom. The van der Waals surface area contributed by atoms with Crippen molar-refractivity contribution in [2.75, 3.05) is 13.7 Å². The lowest BCUT2D eigenvalue weighted by Crippen LogP contribution is -2.04. The summed E-state index contributed by atoms with van der Waals surface area (Å²) in [5, 5.41) is 0. The van der Waals surface area contributed by atoms with Gasteiger partial charge in [-0.15, -0.1) is 0 Å².